The van der Waals surface area contributed by atoms with E-state index < -0.39 is 15.6 Å². The Kier molecular flexibility index (Phi) is 7.61. The standard InChI is InChI=1S/C16H29BO7Si/c1-16(2,3)25(6,7)23-9-8-22-15-13(20-4)10-12(24-17(18)19)11-14(15)21-5/h10-11,18-19H,8-9H2,1-7H3. The fourth-order valence-corrected chi connectivity index (χ4v) is 2.87. The van der Waals surface area contributed by atoms with E-state index in [4.69, 9.17) is 33.3 Å². The van der Waals surface area contributed by atoms with Gasteiger partial charge in [0.2, 0.25) is 5.75 Å². The second-order valence-corrected chi connectivity index (χ2v) is 11.9. The van der Waals surface area contributed by atoms with Crippen LogP contribution >= 0.6 is 0 Å². The van der Waals surface area contributed by atoms with Crippen LogP contribution in [0.3, 0.4) is 0 Å². The summed E-state index contributed by atoms with van der Waals surface area (Å²) < 4.78 is 27.3. The molecule has 1 aromatic carbocycles. The molecule has 0 radical (unpaired) electrons. The van der Waals surface area contributed by atoms with Crippen molar-refractivity contribution in [1.29, 1.82) is 0 Å². The van der Waals surface area contributed by atoms with Gasteiger partial charge in [0.15, 0.2) is 19.8 Å². The molecule has 0 aliphatic heterocycles. The highest BCUT2D eigenvalue weighted by Crippen LogP contribution is 2.41. The zero-order valence-corrected chi connectivity index (χ0v) is 17.1. The molecular formula is C16H29BO7Si. The van der Waals surface area contributed by atoms with Gasteiger partial charge < -0.3 is 33.3 Å². The maximum absolute atomic E-state index is 8.93. The summed E-state index contributed by atoms with van der Waals surface area (Å²) in [5.74, 6) is 1.32. The Bertz CT molecular complexity index is 533. The topological polar surface area (TPSA) is 86.6 Å². The van der Waals surface area contributed by atoms with Crippen molar-refractivity contribution < 1.29 is 33.3 Å². The summed E-state index contributed by atoms with van der Waals surface area (Å²) >= 11 is 0. The van der Waals surface area contributed by atoms with Crippen LogP contribution in [0.15, 0.2) is 12.1 Å². The molecule has 0 heterocycles. The Morgan fingerprint density at radius 2 is 1.52 bits per heavy atom. The summed E-state index contributed by atoms with van der Waals surface area (Å²) in [6.45, 7) is 11.7. The van der Waals surface area contributed by atoms with Crippen molar-refractivity contribution in [3.63, 3.8) is 0 Å². The van der Waals surface area contributed by atoms with Crippen molar-refractivity contribution >= 4 is 15.6 Å². The summed E-state index contributed by atoms with van der Waals surface area (Å²) in [6.07, 6.45) is 0. The lowest BCUT2D eigenvalue weighted by atomic mass is 10.2. The molecule has 0 amide bonds. The van der Waals surface area contributed by atoms with Crippen molar-refractivity contribution in [2.75, 3.05) is 27.4 Å². The van der Waals surface area contributed by atoms with E-state index in [1.54, 1.807) is 0 Å². The molecule has 0 unspecified atom stereocenters. The van der Waals surface area contributed by atoms with Crippen LogP contribution < -0.4 is 18.9 Å². The zero-order valence-electron chi connectivity index (χ0n) is 16.1. The third-order valence-corrected chi connectivity index (χ3v) is 8.81. The number of rotatable bonds is 9. The Balaban J connectivity index is 2.81. The van der Waals surface area contributed by atoms with Crippen molar-refractivity contribution in [2.24, 2.45) is 0 Å². The number of ether oxygens (including phenoxy) is 3. The van der Waals surface area contributed by atoms with Crippen LogP contribution in [-0.4, -0.2) is 53.1 Å². The van der Waals surface area contributed by atoms with Crippen LogP contribution in [0.5, 0.6) is 23.0 Å². The summed E-state index contributed by atoms with van der Waals surface area (Å²) in [5.41, 5.74) is 0. The first-order valence-corrected chi connectivity index (χ1v) is 11.0. The zero-order chi connectivity index (χ0) is 19.3. The Hall–Kier alpha value is -1.42. The normalized spacial score (nSPS) is 11.9. The van der Waals surface area contributed by atoms with E-state index in [0.29, 0.717) is 30.5 Å². The highest BCUT2D eigenvalue weighted by atomic mass is 28.4. The molecule has 0 bridgehead atoms. The van der Waals surface area contributed by atoms with Crippen molar-refractivity contribution in [1.82, 2.24) is 0 Å². The molecule has 7 nitrogen and oxygen atoms in total. The maximum atomic E-state index is 8.93. The van der Waals surface area contributed by atoms with Crippen LogP contribution in [0.25, 0.3) is 0 Å². The monoisotopic (exact) mass is 372 g/mol. The Labute approximate surface area is 151 Å². The third kappa shape index (κ3) is 6.11. The van der Waals surface area contributed by atoms with E-state index in [9.17, 15) is 0 Å². The van der Waals surface area contributed by atoms with Gasteiger partial charge in [-0.25, -0.2) is 0 Å². The first-order chi connectivity index (χ1) is 11.5. The van der Waals surface area contributed by atoms with E-state index in [1.807, 2.05) is 0 Å². The lowest BCUT2D eigenvalue weighted by Crippen LogP contribution is -2.41. The maximum Gasteiger partial charge on any atom is 0.707 e. The van der Waals surface area contributed by atoms with Crippen LogP contribution in [0, 0.1) is 0 Å². The second-order valence-electron chi connectivity index (χ2n) is 7.06. The SMILES string of the molecule is COc1cc(OB(O)O)cc(OC)c1OCCO[Si](C)(C)C(C)(C)C. The quantitative estimate of drug-likeness (QED) is 0.509. The molecule has 0 atom stereocenters. The minimum absolute atomic E-state index is 0.131. The average Bonchev–Trinajstić information content (AvgIpc) is 2.49. The van der Waals surface area contributed by atoms with Gasteiger partial charge >= 0.3 is 7.32 Å². The highest BCUT2D eigenvalue weighted by molar-refractivity contribution is 6.74. The molecule has 1 aromatic rings. The van der Waals surface area contributed by atoms with E-state index in [1.165, 1.54) is 26.4 Å². The third-order valence-electron chi connectivity index (χ3n) is 4.27. The van der Waals surface area contributed by atoms with Crippen molar-refractivity contribution in [3.05, 3.63) is 12.1 Å². The number of hydrogen-bond acceptors (Lipinski definition) is 7. The molecule has 2 N–H and O–H groups in total. The van der Waals surface area contributed by atoms with E-state index in [2.05, 4.69) is 33.9 Å². The summed E-state index contributed by atoms with van der Waals surface area (Å²) in [5, 5.41) is 18.0. The van der Waals surface area contributed by atoms with Gasteiger partial charge in [-0.05, 0) is 18.1 Å². The minimum Gasteiger partial charge on any atom is -0.512 e. The molecule has 0 saturated carbocycles. The van der Waals surface area contributed by atoms with Crippen LogP contribution in [-0.2, 0) is 4.43 Å². The smallest absolute Gasteiger partial charge is 0.512 e. The van der Waals surface area contributed by atoms with Gasteiger partial charge in [0.1, 0.15) is 12.4 Å². The number of benzene rings is 1. The molecule has 1 rings (SSSR count). The van der Waals surface area contributed by atoms with Gasteiger partial charge in [-0.2, -0.15) is 0 Å². The van der Waals surface area contributed by atoms with Gasteiger partial charge in [0.05, 0.1) is 20.8 Å². The van der Waals surface area contributed by atoms with Crippen LogP contribution in [0.1, 0.15) is 20.8 Å². The van der Waals surface area contributed by atoms with Gasteiger partial charge in [-0.3, -0.25) is 0 Å². The number of methoxy groups -OCH3 is 2. The minimum atomic E-state index is -1.93. The van der Waals surface area contributed by atoms with Gasteiger partial charge in [0.25, 0.3) is 0 Å². The summed E-state index contributed by atoms with van der Waals surface area (Å²) in [6, 6.07) is 2.98. The Morgan fingerprint density at radius 3 is 1.92 bits per heavy atom. The highest BCUT2D eigenvalue weighted by Gasteiger charge is 2.37. The summed E-state index contributed by atoms with van der Waals surface area (Å²) in [4.78, 5) is 0. The van der Waals surface area contributed by atoms with Crippen LogP contribution in [0.2, 0.25) is 18.1 Å². The molecule has 0 saturated heterocycles. The van der Waals surface area contributed by atoms with E-state index >= 15 is 0 Å². The fourth-order valence-electron chi connectivity index (χ4n) is 1.84. The molecular weight excluding hydrogens is 343 g/mol. The van der Waals surface area contributed by atoms with E-state index in [0.717, 1.165) is 0 Å². The second kappa shape index (κ2) is 8.80. The molecule has 142 valence electrons. The predicted molar refractivity (Wildman–Crippen MR) is 99.0 cm³/mol. The van der Waals surface area contributed by atoms with Crippen molar-refractivity contribution in [2.45, 2.75) is 38.9 Å². The number of hydrogen-bond donors (Lipinski definition) is 2. The van der Waals surface area contributed by atoms with Crippen molar-refractivity contribution in [3.8, 4) is 23.0 Å². The first kappa shape index (κ1) is 21.6. The fraction of sp³-hybridized carbons (Fsp3) is 0.625. The van der Waals surface area contributed by atoms with Gasteiger partial charge in [-0.1, -0.05) is 20.8 Å². The molecule has 0 fully saturated rings. The lowest BCUT2D eigenvalue weighted by Gasteiger charge is -2.36. The molecule has 9 heteroatoms. The molecule has 25 heavy (non-hydrogen) atoms. The lowest BCUT2D eigenvalue weighted by molar-refractivity contribution is 0.193. The predicted octanol–water partition coefficient (Wildman–Crippen LogP) is 2.45. The van der Waals surface area contributed by atoms with E-state index in [-0.39, 0.29) is 10.8 Å². The molecule has 0 aliphatic carbocycles. The van der Waals surface area contributed by atoms with Crippen LogP contribution in [0.4, 0.5) is 0 Å². The molecule has 0 aliphatic rings. The van der Waals surface area contributed by atoms with Gasteiger partial charge in [-0.15, -0.1) is 0 Å². The van der Waals surface area contributed by atoms with Gasteiger partial charge in [0, 0.05) is 12.1 Å². The first-order valence-electron chi connectivity index (χ1n) is 8.07. The Morgan fingerprint density at radius 1 is 1.00 bits per heavy atom. The molecule has 0 aromatic heterocycles. The average molecular weight is 372 g/mol. The molecule has 0 spiro atoms. The summed E-state index contributed by atoms with van der Waals surface area (Å²) in [7, 11) is -0.805. The largest absolute Gasteiger partial charge is 0.707 e.